The lowest BCUT2D eigenvalue weighted by Crippen LogP contribution is -2.27. The summed E-state index contributed by atoms with van der Waals surface area (Å²) in [4.78, 5) is 27.6. The van der Waals surface area contributed by atoms with Crippen molar-refractivity contribution in [3.05, 3.63) is 96.3 Å². The van der Waals surface area contributed by atoms with Crippen LogP contribution in [0.15, 0.2) is 115 Å². The first-order chi connectivity index (χ1) is 33.6. The zero-order valence-electron chi connectivity index (χ0n) is 35.6. The van der Waals surface area contributed by atoms with Crippen molar-refractivity contribution in [1.29, 1.82) is 0 Å². The van der Waals surface area contributed by atoms with Gasteiger partial charge in [0.1, 0.15) is 14.7 Å². The van der Waals surface area contributed by atoms with Gasteiger partial charge < -0.3 is 21.3 Å². The fourth-order valence-corrected chi connectivity index (χ4v) is 9.29. The van der Waals surface area contributed by atoms with Gasteiger partial charge in [0.25, 0.3) is 30.4 Å². The topological polar surface area (TPSA) is 380 Å². The molecule has 0 aliphatic carbocycles. The maximum Gasteiger partial charge on any atom is 0.315 e. The summed E-state index contributed by atoms with van der Waals surface area (Å²) in [6.45, 7) is 3.22. The fraction of sp³-hybridized carbons (Fsp3) is 0.135. The second-order valence-electron chi connectivity index (χ2n) is 14.1. The average Bonchev–Trinajstić information content (AvgIpc) is 3.29. The minimum absolute atomic E-state index is 0.000828. The lowest BCUT2D eigenvalue weighted by molar-refractivity contribution is -0.435. The van der Waals surface area contributed by atoms with Crippen molar-refractivity contribution in [2.24, 2.45) is 10.2 Å². The number of anilines is 6. The molecule has 0 bridgehead atoms. The van der Waals surface area contributed by atoms with Crippen LogP contribution in [-0.4, -0.2) is 92.9 Å². The van der Waals surface area contributed by atoms with E-state index in [-0.39, 0.29) is 74.2 Å². The summed E-state index contributed by atoms with van der Waals surface area (Å²) >= 11 is 7.38. The number of halogens is 2. The van der Waals surface area contributed by atoms with Gasteiger partial charge in [-0.25, -0.2) is 5.26 Å². The van der Waals surface area contributed by atoms with Crippen molar-refractivity contribution >= 4 is 134 Å². The van der Waals surface area contributed by atoms with E-state index in [2.05, 4.69) is 70.8 Å². The largest absolute Gasteiger partial charge is 0.352 e. The van der Waals surface area contributed by atoms with Crippen molar-refractivity contribution in [2.75, 3.05) is 27.8 Å². The van der Waals surface area contributed by atoms with Gasteiger partial charge in [0.05, 0.1) is 29.1 Å². The van der Waals surface area contributed by atoms with E-state index in [1.165, 1.54) is 37.3 Å². The van der Waals surface area contributed by atoms with E-state index >= 15 is 0 Å². The Morgan fingerprint density at radius 2 is 1.37 bits per heavy atom. The molecule has 0 aliphatic rings. The maximum absolute atomic E-state index is 14.6. The van der Waals surface area contributed by atoms with Crippen LogP contribution in [0.5, 0.6) is 0 Å². The number of hydrogen-bond acceptors (Lipinski definition) is 26. The predicted molar refractivity (Wildman–Crippen MR) is 252 cm³/mol. The Balaban J connectivity index is 1.07. The van der Waals surface area contributed by atoms with Gasteiger partial charge in [-0.1, -0.05) is 35.4 Å². The molecule has 0 radical (unpaired) electrons. The highest BCUT2D eigenvalue weighted by atomic mass is 35.5. The van der Waals surface area contributed by atoms with Crippen LogP contribution >= 0.6 is 36.0 Å². The Hall–Kier alpha value is -6.15. The number of nitrogens with zero attached hydrogens (tertiary/aromatic N) is 8. The molecule has 8 N–H and O–H groups in total. The van der Waals surface area contributed by atoms with Crippen LogP contribution < -0.4 is 21.3 Å². The minimum atomic E-state index is -4.99. The second kappa shape index (κ2) is 22.5. The molecule has 0 fully saturated rings. The lowest BCUT2D eigenvalue weighted by atomic mass is 10.1. The highest BCUT2D eigenvalue weighted by molar-refractivity contribution is 7.94. The van der Waals surface area contributed by atoms with Gasteiger partial charge >= 0.3 is 6.08 Å². The summed E-state index contributed by atoms with van der Waals surface area (Å²) in [5.74, 6) is -0.589. The first-order valence-electron chi connectivity index (χ1n) is 19.4. The summed E-state index contributed by atoms with van der Waals surface area (Å²) in [7, 11) is -14.8. The van der Waals surface area contributed by atoms with Crippen molar-refractivity contribution in [2.45, 2.75) is 45.8 Å². The van der Waals surface area contributed by atoms with E-state index in [1.807, 2.05) is 0 Å². The van der Waals surface area contributed by atoms with Gasteiger partial charge in [-0.2, -0.15) is 73.9 Å². The molecule has 5 aromatic carbocycles. The van der Waals surface area contributed by atoms with Crippen molar-refractivity contribution < 1.29 is 71.3 Å². The van der Waals surface area contributed by atoms with Crippen LogP contribution in [0, 0.1) is 6.08 Å². The van der Waals surface area contributed by atoms with E-state index in [0.29, 0.717) is 22.9 Å². The zero-order valence-corrected chi connectivity index (χ0v) is 40.4. The summed E-state index contributed by atoms with van der Waals surface area (Å²) < 4.78 is 133. The van der Waals surface area contributed by atoms with Crippen molar-refractivity contribution in [3.8, 4) is 0 Å². The quantitative estimate of drug-likeness (QED) is 0.00605. The van der Waals surface area contributed by atoms with E-state index in [1.54, 1.807) is 31.2 Å². The number of fused-ring (bicyclic) bond motifs is 2. The lowest BCUT2D eigenvalue weighted by Gasteiger charge is -2.16. The monoisotopic (exact) mass is 1100 g/mol. The molecule has 27 nitrogen and oxygen atoms in total. The fourth-order valence-electron chi connectivity index (χ4n) is 6.24. The van der Waals surface area contributed by atoms with Crippen LogP contribution in [0.2, 0.25) is 5.28 Å². The third-order valence-corrected chi connectivity index (χ3v) is 13.0. The number of benzene rings is 5. The van der Waals surface area contributed by atoms with Gasteiger partial charge in [0, 0.05) is 44.7 Å². The second-order valence-corrected chi connectivity index (χ2v) is 19.8. The molecule has 374 valence electrons. The highest BCUT2D eigenvalue weighted by Crippen LogP contribution is 2.39. The van der Waals surface area contributed by atoms with Crippen LogP contribution in [0.3, 0.4) is 0 Å². The highest BCUT2D eigenvalue weighted by Gasteiger charge is 2.23. The van der Waals surface area contributed by atoms with Gasteiger partial charge in [-0.15, -0.1) is 9.45 Å². The molecular formula is C37H32ClFN12O15S5. The number of azo groups is 1. The molecule has 7 rings (SSSR count). The molecule has 71 heavy (non-hydrogen) atoms. The van der Waals surface area contributed by atoms with Crippen LogP contribution in [0.25, 0.3) is 21.5 Å². The average molecular weight is 1100 g/mol. The Bertz CT molecular complexity index is 3510. The standard InChI is InChI=1S/C37H32ClFN12O15S5/c1-18(41-35-46-33(39)47-36(49-35)42-20-6-3-7-22(14-20)67-65-62-19(2)63-68-66-64-52)17-40-34-44-32(38)45-37(48-34)43-27-13-12-26(24-9-5-11-29(31(24)27)70(56,57)58)51-50-21-15-25-23(30(16-21)71(59,60)61)8-4-10-28(25)69(53,54)55/h3-16,18-19,52H,17H2,1-2H3,(H,53,54,55)(H,56,57,58)(H,59,60,61)(H2,40,43,44,45,48)(H2,41,42,46,47,49). The normalized spacial score (nSPS) is 13.1. The van der Waals surface area contributed by atoms with Gasteiger partial charge in [-0.3, -0.25) is 17.8 Å². The summed E-state index contributed by atoms with van der Waals surface area (Å²) in [6.07, 6.45) is -2.03. The van der Waals surface area contributed by atoms with E-state index in [9.17, 15) is 43.3 Å². The van der Waals surface area contributed by atoms with Gasteiger partial charge in [0.2, 0.25) is 35.4 Å². The van der Waals surface area contributed by atoms with Crippen molar-refractivity contribution in [3.63, 3.8) is 0 Å². The number of aromatic nitrogens is 6. The first kappa shape index (κ1) is 52.7. The molecular weight excluding hydrogens is 1070 g/mol. The Morgan fingerprint density at radius 1 is 0.704 bits per heavy atom. The molecule has 0 aliphatic heterocycles. The molecule has 7 aromatic rings. The first-order valence-corrected chi connectivity index (χ1v) is 25.5. The molecule has 2 heterocycles. The van der Waals surface area contributed by atoms with Gasteiger partial charge in [0.15, 0.2) is 12.3 Å². The SMILES string of the molecule is CC(CNc1nc(Cl)nc(Nc2ccc(N=Nc3cc(S(=O)(=O)O)c4cccc(S(=O)(=O)O)c4c3)c3cccc(S(=O)(=O)O)c23)n1)Nc1nc(F)nc(Nc2cccc(SOOC(C)OSOOO)c2)n1. The molecule has 2 atom stereocenters. The molecule has 2 aromatic heterocycles. The van der Waals surface area contributed by atoms with Crippen LogP contribution in [-0.2, 0) is 53.1 Å². The van der Waals surface area contributed by atoms with E-state index in [4.69, 9.17) is 30.3 Å². The molecule has 0 spiro atoms. The molecule has 0 amide bonds. The third kappa shape index (κ3) is 14.1. The van der Waals surface area contributed by atoms with E-state index < -0.39 is 63.5 Å². The Kier molecular flexibility index (Phi) is 16.7. The van der Waals surface area contributed by atoms with Gasteiger partial charge in [-0.05, 0) is 80.0 Å². The molecule has 2 unspecified atom stereocenters. The number of hydrogen-bond donors (Lipinski definition) is 8. The van der Waals surface area contributed by atoms with Crippen LogP contribution in [0.4, 0.5) is 50.9 Å². The Morgan fingerprint density at radius 3 is 2.10 bits per heavy atom. The minimum Gasteiger partial charge on any atom is -0.352 e. The smallest absolute Gasteiger partial charge is 0.315 e. The van der Waals surface area contributed by atoms with E-state index in [0.717, 1.165) is 42.4 Å². The molecule has 34 heteroatoms. The summed E-state index contributed by atoms with van der Waals surface area (Å²) in [5.41, 5.74) is 0.0888. The maximum atomic E-state index is 14.6. The zero-order chi connectivity index (χ0) is 51.1. The predicted octanol–water partition coefficient (Wildman–Crippen LogP) is 8.01. The van der Waals surface area contributed by atoms with Crippen LogP contribution in [0.1, 0.15) is 13.8 Å². The Labute approximate surface area is 413 Å². The van der Waals surface area contributed by atoms with Crippen molar-refractivity contribution in [1.82, 2.24) is 29.9 Å². The number of rotatable bonds is 22. The molecule has 0 saturated carbocycles. The summed E-state index contributed by atoms with van der Waals surface area (Å²) in [6, 6.07) is 17.9. The summed E-state index contributed by atoms with van der Waals surface area (Å²) in [5, 5.41) is 30.3. The third-order valence-electron chi connectivity index (χ3n) is 9.02. The molecule has 0 saturated heterocycles. The number of nitrogens with one attached hydrogen (secondary N) is 4.